The molecule has 1 aromatic heterocycles. The molecule has 204 valence electrons. The van der Waals surface area contributed by atoms with Crippen LogP contribution in [0, 0.1) is 25.2 Å². The SMILES string of the molecule is COc1ccc(N(Cc2cccnc2)C2CCN(C(C)CCNC(=O)c3c(C)cc(C#N)cc3C)CC2)cc1. The van der Waals surface area contributed by atoms with E-state index in [0.717, 1.165) is 55.8 Å². The van der Waals surface area contributed by atoms with Crippen molar-refractivity contribution in [3.05, 3.63) is 88.7 Å². The number of benzene rings is 2. The summed E-state index contributed by atoms with van der Waals surface area (Å²) in [5.74, 6) is 0.797. The van der Waals surface area contributed by atoms with E-state index < -0.39 is 0 Å². The van der Waals surface area contributed by atoms with E-state index in [1.165, 1.54) is 11.3 Å². The van der Waals surface area contributed by atoms with Crippen molar-refractivity contribution in [2.75, 3.05) is 31.6 Å². The lowest BCUT2D eigenvalue weighted by Gasteiger charge is -2.42. The molecule has 0 saturated carbocycles. The van der Waals surface area contributed by atoms with E-state index in [0.29, 0.717) is 29.8 Å². The van der Waals surface area contributed by atoms with Crippen molar-refractivity contribution in [3.63, 3.8) is 0 Å². The molecule has 7 nitrogen and oxygen atoms in total. The minimum atomic E-state index is -0.0640. The maximum Gasteiger partial charge on any atom is 0.251 e. The molecule has 0 radical (unpaired) electrons. The van der Waals surface area contributed by atoms with Crippen LogP contribution in [0.4, 0.5) is 5.69 Å². The van der Waals surface area contributed by atoms with Gasteiger partial charge in [0.05, 0.1) is 18.7 Å². The van der Waals surface area contributed by atoms with Gasteiger partial charge in [-0.25, -0.2) is 0 Å². The van der Waals surface area contributed by atoms with Crippen LogP contribution in [0.3, 0.4) is 0 Å². The second-order valence-electron chi connectivity index (χ2n) is 10.4. The van der Waals surface area contributed by atoms with Crippen molar-refractivity contribution in [2.24, 2.45) is 0 Å². The summed E-state index contributed by atoms with van der Waals surface area (Å²) in [6.45, 7) is 9.51. The van der Waals surface area contributed by atoms with Gasteiger partial charge < -0.3 is 19.9 Å². The first kappa shape index (κ1) is 28.1. The van der Waals surface area contributed by atoms with Gasteiger partial charge in [0.15, 0.2) is 0 Å². The first-order valence-corrected chi connectivity index (χ1v) is 13.7. The van der Waals surface area contributed by atoms with Crippen molar-refractivity contribution in [2.45, 2.75) is 58.7 Å². The third-order valence-corrected chi connectivity index (χ3v) is 7.78. The molecule has 0 spiro atoms. The van der Waals surface area contributed by atoms with Crippen LogP contribution in [0.5, 0.6) is 5.75 Å². The van der Waals surface area contributed by atoms with Gasteiger partial charge in [0.2, 0.25) is 0 Å². The van der Waals surface area contributed by atoms with Gasteiger partial charge in [0, 0.05) is 61.9 Å². The number of pyridine rings is 1. The summed E-state index contributed by atoms with van der Waals surface area (Å²) >= 11 is 0. The van der Waals surface area contributed by atoms with Gasteiger partial charge in [-0.3, -0.25) is 9.78 Å². The van der Waals surface area contributed by atoms with Crippen molar-refractivity contribution >= 4 is 11.6 Å². The second kappa shape index (κ2) is 13.3. The van der Waals surface area contributed by atoms with Gasteiger partial charge in [0.1, 0.15) is 5.75 Å². The van der Waals surface area contributed by atoms with Gasteiger partial charge in [-0.05, 0) is 99.2 Å². The average molecular weight is 526 g/mol. The predicted octanol–water partition coefficient (Wildman–Crippen LogP) is 5.26. The summed E-state index contributed by atoms with van der Waals surface area (Å²) in [6, 6.07) is 19.0. The van der Waals surface area contributed by atoms with Crippen LogP contribution in [-0.4, -0.2) is 54.6 Å². The van der Waals surface area contributed by atoms with Crippen molar-refractivity contribution in [3.8, 4) is 11.8 Å². The van der Waals surface area contributed by atoms with Gasteiger partial charge >= 0.3 is 0 Å². The topological polar surface area (TPSA) is 81.5 Å². The average Bonchev–Trinajstić information content (AvgIpc) is 2.96. The quantitative estimate of drug-likeness (QED) is 0.389. The van der Waals surface area contributed by atoms with Crippen molar-refractivity contribution in [1.82, 2.24) is 15.2 Å². The number of aryl methyl sites for hydroxylation is 2. The van der Waals surface area contributed by atoms with Crippen LogP contribution >= 0.6 is 0 Å². The maximum absolute atomic E-state index is 12.9. The predicted molar refractivity (Wildman–Crippen MR) is 155 cm³/mol. The molecule has 1 unspecified atom stereocenters. The monoisotopic (exact) mass is 525 g/mol. The highest BCUT2D eigenvalue weighted by molar-refractivity contribution is 5.97. The zero-order valence-corrected chi connectivity index (χ0v) is 23.5. The Labute approximate surface area is 232 Å². The molecule has 2 aromatic carbocycles. The number of piperidine rings is 1. The van der Waals surface area contributed by atoms with Crippen LogP contribution in [0.25, 0.3) is 0 Å². The molecule has 1 saturated heterocycles. The van der Waals surface area contributed by atoms with Crippen LogP contribution in [0.15, 0.2) is 60.9 Å². The first-order chi connectivity index (χ1) is 18.9. The number of nitrogens with zero attached hydrogens (tertiary/aromatic N) is 4. The number of carbonyl (C=O) groups is 1. The summed E-state index contributed by atoms with van der Waals surface area (Å²) < 4.78 is 5.37. The van der Waals surface area contributed by atoms with Gasteiger partial charge in [-0.2, -0.15) is 5.26 Å². The summed E-state index contributed by atoms with van der Waals surface area (Å²) in [7, 11) is 1.69. The molecule has 4 rings (SSSR count). The van der Waals surface area contributed by atoms with E-state index in [1.54, 1.807) is 19.2 Å². The number of nitrogens with one attached hydrogen (secondary N) is 1. The van der Waals surface area contributed by atoms with E-state index >= 15 is 0 Å². The Bertz CT molecular complexity index is 1260. The summed E-state index contributed by atoms with van der Waals surface area (Å²) in [5.41, 5.74) is 5.34. The maximum atomic E-state index is 12.9. The number of likely N-dealkylation sites (tertiary alicyclic amines) is 1. The summed E-state index contributed by atoms with van der Waals surface area (Å²) in [6.07, 6.45) is 6.81. The molecule has 1 atom stereocenters. The number of methoxy groups -OCH3 is 1. The highest BCUT2D eigenvalue weighted by Crippen LogP contribution is 2.28. The first-order valence-electron chi connectivity index (χ1n) is 13.7. The zero-order valence-electron chi connectivity index (χ0n) is 23.5. The van der Waals surface area contributed by atoms with Crippen LogP contribution < -0.4 is 15.0 Å². The highest BCUT2D eigenvalue weighted by atomic mass is 16.5. The molecule has 39 heavy (non-hydrogen) atoms. The molecule has 0 aliphatic carbocycles. The summed E-state index contributed by atoms with van der Waals surface area (Å²) in [5, 5.41) is 12.3. The molecular weight excluding hydrogens is 486 g/mol. The Morgan fingerprint density at radius 3 is 2.46 bits per heavy atom. The van der Waals surface area contributed by atoms with E-state index in [9.17, 15) is 4.79 Å². The number of hydrogen-bond donors (Lipinski definition) is 1. The number of carbonyl (C=O) groups excluding carboxylic acids is 1. The highest BCUT2D eigenvalue weighted by Gasteiger charge is 2.27. The fourth-order valence-electron chi connectivity index (χ4n) is 5.58. The van der Waals surface area contributed by atoms with Gasteiger partial charge in [-0.1, -0.05) is 6.07 Å². The van der Waals surface area contributed by atoms with Crippen LogP contribution in [0.1, 0.15) is 58.8 Å². The fourth-order valence-corrected chi connectivity index (χ4v) is 5.58. The minimum Gasteiger partial charge on any atom is -0.497 e. The Kier molecular flexibility index (Phi) is 9.56. The van der Waals surface area contributed by atoms with Gasteiger partial charge in [0.25, 0.3) is 5.91 Å². The number of ether oxygens (including phenoxy) is 1. The molecule has 0 bridgehead atoms. The summed E-state index contributed by atoms with van der Waals surface area (Å²) in [4.78, 5) is 22.2. The third-order valence-electron chi connectivity index (χ3n) is 7.78. The molecule has 1 amide bonds. The van der Waals surface area contributed by atoms with Crippen LogP contribution in [0.2, 0.25) is 0 Å². The van der Waals surface area contributed by atoms with Crippen molar-refractivity contribution in [1.29, 1.82) is 5.26 Å². The zero-order chi connectivity index (χ0) is 27.8. The number of amides is 1. The lowest BCUT2D eigenvalue weighted by atomic mass is 9.98. The second-order valence-corrected chi connectivity index (χ2v) is 10.4. The smallest absolute Gasteiger partial charge is 0.251 e. The number of hydrogen-bond acceptors (Lipinski definition) is 6. The molecular formula is C32H39N5O2. The fraction of sp³-hybridized carbons (Fsp3) is 0.406. The van der Waals surface area contributed by atoms with Crippen molar-refractivity contribution < 1.29 is 9.53 Å². The standard InChI is InChI=1S/C32H39N5O2/c1-23-18-27(20-33)19-24(2)31(23)32(38)35-15-11-25(3)36-16-12-29(13-17-36)37(22-26-6-5-14-34-21-26)28-7-9-30(39-4)10-8-28/h5-10,14,18-19,21,25,29H,11-13,15-17,22H2,1-4H3,(H,35,38). The number of aromatic nitrogens is 1. The molecule has 1 aliphatic heterocycles. The van der Waals surface area contributed by atoms with E-state index in [2.05, 4.69) is 51.3 Å². The van der Waals surface area contributed by atoms with Gasteiger partial charge in [-0.15, -0.1) is 0 Å². The number of anilines is 1. The molecule has 1 N–H and O–H groups in total. The normalized spacial score (nSPS) is 14.8. The lowest BCUT2D eigenvalue weighted by molar-refractivity contribution is 0.0944. The largest absolute Gasteiger partial charge is 0.497 e. The molecule has 1 aliphatic rings. The minimum absolute atomic E-state index is 0.0640. The Morgan fingerprint density at radius 2 is 1.87 bits per heavy atom. The molecule has 7 heteroatoms. The Morgan fingerprint density at radius 1 is 1.18 bits per heavy atom. The Hall–Kier alpha value is -3.89. The molecule has 1 fully saturated rings. The van der Waals surface area contributed by atoms with E-state index in [-0.39, 0.29) is 5.91 Å². The molecule has 2 heterocycles. The van der Waals surface area contributed by atoms with E-state index in [4.69, 9.17) is 10.00 Å². The number of nitriles is 1. The molecule has 3 aromatic rings. The van der Waals surface area contributed by atoms with Crippen LogP contribution in [-0.2, 0) is 6.54 Å². The number of rotatable bonds is 10. The Balaban J connectivity index is 1.32. The third kappa shape index (κ3) is 7.15. The lowest BCUT2D eigenvalue weighted by Crippen LogP contribution is -2.48. The van der Waals surface area contributed by atoms with E-state index in [1.807, 2.05) is 44.4 Å².